The van der Waals surface area contributed by atoms with Crippen LogP contribution in [0.1, 0.15) is 17.4 Å². The Balaban J connectivity index is 1.67. The van der Waals surface area contributed by atoms with Gasteiger partial charge in [0.1, 0.15) is 10.8 Å². The van der Waals surface area contributed by atoms with Crippen molar-refractivity contribution >= 4 is 34.6 Å². The molecule has 1 aromatic carbocycles. The first kappa shape index (κ1) is 20.9. The first-order valence-corrected chi connectivity index (χ1v) is 9.45. The van der Waals surface area contributed by atoms with Crippen molar-refractivity contribution in [1.82, 2.24) is 14.8 Å². The number of nitrogens with zero attached hydrogens (tertiary/aromatic N) is 4. The number of nitro groups is 1. The maximum absolute atomic E-state index is 12.4. The molecular formula is C18H17N5O6S. The number of aryl methyl sites for hydroxylation is 1. The maximum atomic E-state index is 12.4. The number of anilines is 1. The lowest BCUT2D eigenvalue weighted by Crippen LogP contribution is -2.30. The first-order chi connectivity index (χ1) is 14.3. The van der Waals surface area contributed by atoms with Crippen LogP contribution in [-0.2, 0) is 16.6 Å². The summed E-state index contributed by atoms with van der Waals surface area (Å²) in [6.07, 6.45) is 2.21. The Kier molecular flexibility index (Phi) is 6.06. The van der Waals surface area contributed by atoms with E-state index in [1.165, 1.54) is 42.9 Å². The summed E-state index contributed by atoms with van der Waals surface area (Å²) in [5.74, 6) is -1.21. The maximum Gasteiger partial charge on any atom is 0.358 e. The Bertz CT molecular complexity index is 1110. The second-order valence-corrected chi connectivity index (χ2v) is 6.98. The molecule has 2 aromatic heterocycles. The Morgan fingerprint density at radius 1 is 1.37 bits per heavy atom. The van der Waals surface area contributed by atoms with Crippen molar-refractivity contribution in [3.63, 3.8) is 0 Å². The van der Waals surface area contributed by atoms with Gasteiger partial charge in [-0.15, -0.1) is 11.3 Å². The number of hydrogen-bond donors (Lipinski definition) is 1. The minimum Gasteiger partial charge on any atom is -0.495 e. The third-order valence-corrected chi connectivity index (χ3v) is 4.86. The second-order valence-electron chi connectivity index (χ2n) is 6.12. The van der Waals surface area contributed by atoms with Crippen LogP contribution < -0.4 is 10.1 Å². The average Bonchev–Trinajstić information content (AvgIpc) is 3.36. The molecule has 12 heteroatoms. The van der Waals surface area contributed by atoms with E-state index in [9.17, 15) is 19.7 Å². The smallest absolute Gasteiger partial charge is 0.358 e. The molecule has 11 nitrogen and oxygen atoms in total. The van der Waals surface area contributed by atoms with Crippen molar-refractivity contribution in [3.8, 4) is 16.3 Å². The lowest BCUT2D eigenvalue weighted by atomic mass is 10.2. The molecule has 1 unspecified atom stereocenters. The van der Waals surface area contributed by atoms with Gasteiger partial charge in [0.05, 0.1) is 23.9 Å². The highest BCUT2D eigenvalue weighted by molar-refractivity contribution is 7.13. The number of nitro benzene ring substituents is 1. The lowest BCUT2D eigenvalue weighted by molar-refractivity contribution is -0.384. The van der Waals surface area contributed by atoms with Gasteiger partial charge in [0.25, 0.3) is 11.6 Å². The normalized spacial score (nSPS) is 11.6. The monoisotopic (exact) mass is 431 g/mol. The van der Waals surface area contributed by atoms with E-state index in [1.54, 1.807) is 24.1 Å². The number of ether oxygens (including phenoxy) is 2. The SMILES string of the molecule is COc1ccc([N+](=O)[O-])cc1NC(=O)C(C)OC(=O)c1csc(-c2cnn(C)c2)n1. The van der Waals surface area contributed by atoms with E-state index in [1.807, 2.05) is 0 Å². The largest absolute Gasteiger partial charge is 0.495 e. The van der Waals surface area contributed by atoms with Crippen LogP contribution >= 0.6 is 11.3 Å². The van der Waals surface area contributed by atoms with Crippen LogP contribution in [0.5, 0.6) is 5.75 Å². The van der Waals surface area contributed by atoms with Gasteiger partial charge in [0, 0.05) is 36.3 Å². The summed E-state index contributed by atoms with van der Waals surface area (Å²) in [6, 6.07) is 3.77. The van der Waals surface area contributed by atoms with Crippen LogP contribution in [0.2, 0.25) is 0 Å². The number of non-ortho nitro benzene ring substituents is 1. The zero-order valence-corrected chi connectivity index (χ0v) is 17.0. The second kappa shape index (κ2) is 8.69. The average molecular weight is 431 g/mol. The molecule has 3 aromatic rings. The van der Waals surface area contributed by atoms with Crippen molar-refractivity contribution in [2.75, 3.05) is 12.4 Å². The molecule has 0 aliphatic rings. The molecule has 30 heavy (non-hydrogen) atoms. The number of aromatic nitrogens is 3. The Morgan fingerprint density at radius 2 is 2.13 bits per heavy atom. The van der Waals surface area contributed by atoms with Gasteiger partial charge >= 0.3 is 5.97 Å². The lowest BCUT2D eigenvalue weighted by Gasteiger charge is -2.14. The molecule has 0 spiro atoms. The zero-order valence-electron chi connectivity index (χ0n) is 16.2. The van der Waals surface area contributed by atoms with Gasteiger partial charge in [-0.2, -0.15) is 5.10 Å². The standard InChI is InChI=1S/C18H17N5O6S/c1-10(16(24)20-13-6-12(23(26)27)4-5-15(13)28-3)29-18(25)14-9-30-17(21-14)11-7-19-22(2)8-11/h4-10H,1-3H3,(H,20,24). The van der Waals surface area contributed by atoms with Gasteiger partial charge in [-0.05, 0) is 13.0 Å². The molecule has 2 heterocycles. The summed E-state index contributed by atoms with van der Waals surface area (Å²) >= 11 is 1.25. The molecule has 0 bridgehead atoms. The van der Waals surface area contributed by atoms with Gasteiger partial charge < -0.3 is 14.8 Å². The molecule has 1 atom stereocenters. The Morgan fingerprint density at radius 3 is 2.77 bits per heavy atom. The number of thiazole rings is 1. The molecule has 1 amide bonds. The number of amides is 1. The van der Waals surface area contributed by atoms with E-state index < -0.39 is 22.9 Å². The fourth-order valence-corrected chi connectivity index (χ4v) is 3.21. The molecule has 0 saturated carbocycles. The summed E-state index contributed by atoms with van der Waals surface area (Å²) in [4.78, 5) is 39.3. The first-order valence-electron chi connectivity index (χ1n) is 8.57. The summed E-state index contributed by atoms with van der Waals surface area (Å²) in [5, 5.41) is 19.6. The fraction of sp³-hybridized carbons (Fsp3) is 0.222. The summed E-state index contributed by atoms with van der Waals surface area (Å²) in [6.45, 7) is 1.38. The van der Waals surface area contributed by atoms with E-state index in [4.69, 9.17) is 9.47 Å². The van der Waals surface area contributed by atoms with Crippen LogP contribution in [0.25, 0.3) is 10.6 Å². The van der Waals surface area contributed by atoms with Crippen LogP contribution in [0.3, 0.4) is 0 Å². The zero-order chi connectivity index (χ0) is 21.8. The fourth-order valence-electron chi connectivity index (χ4n) is 2.45. The van der Waals surface area contributed by atoms with Crippen molar-refractivity contribution in [1.29, 1.82) is 0 Å². The summed E-state index contributed by atoms with van der Waals surface area (Å²) in [7, 11) is 3.13. The number of carbonyl (C=O) groups is 2. The highest BCUT2D eigenvalue weighted by atomic mass is 32.1. The summed E-state index contributed by atoms with van der Waals surface area (Å²) in [5.41, 5.74) is 0.685. The predicted molar refractivity (Wildman–Crippen MR) is 107 cm³/mol. The molecular weight excluding hydrogens is 414 g/mol. The highest BCUT2D eigenvalue weighted by Gasteiger charge is 2.23. The third-order valence-electron chi connectivity index (χ3n) is 3.97. The number of carbonyl (C=O) groups excluding carboxylic acids is 2. The third kappa shape index (κ3) is 4.60. The van der Waals surface area contributed by atoms with Gasteiger partial charge in [0.15, 0.2) is 11.8 Å². The minimum atomic E-state index is -1.18. The van der Waals surface area contributed by atoms with E-state index in [2.05, 4.69) is 15.4 Å². The number of esters is 1. The van der Waals surface area contributed by atoms with Crippen molar-refractivity contribution in [3.05, 3.63) is 51.8 Å². The van der Waals surface area contributed by atoms with Crippen LogP contribution in [-0.4, -0.2) is 44.8 Å². The van der Waals surface area contributed by atoms with E-state index in [-0.39, 0.29) is 22.8 Å². The van der Waals surface area contributed by atoms with Crippen LogP contribution in [0.4, 0.5) is 11.4 Å². The van der Waals surface area contributed by atoms with Crippen molar-refractivity contribution in [2.45, 2.75) is 13.0 Å². The molecule has 1 N–H and O–H groups in total. The van der Waals surface area contributed by atoms with Gasteiger partial charge in [-0.3, -0.25) is 19.6 Å². The molecule has 0 saturated heterocycles. The number of benzene rings is 1. The minimum absolute atomic E-state index is 0.0615. The quantitative estimate of drug-likeness (QED) is 0.342. The number of methoxy groups -OCH3 is 1. The number of rotatable bonds is 7. The van der Waals surface area contributed by atoms with E-state index in [0.717, 1.165) is 11.6 Å². The molecule has 3 rings (SSSR count). The van der Waals surface area contributed by atoms with Gasteiger partial charge in [-0.25, -0.2) is 9.78 Å². The van der Waals surface area contributed by atoms with E-state index >= 15 is 0 Å². The number of nitrogens with one attached hydrogen (secondary N) is 1. The van der Waals surface area contributed by atoms with Crippen LogP contribution in [0.15, 0.2) is 36.0 Å². The molecule has 0 fully saturated rings. The van der Waals surface area contributed by atoms with E-state index in [0.29, 0.717) is 5.01 Å². The van der Waals surface area contributed by atoms with Crippen LogP contribution in [0, 0.1) is 10.1 Å². The molecule has 0 aliphatic heterocycles. The van der Waals surface area contributed by atoms with Crippen molar-refractivity contribution in [2.24, 2.45) is 7.05 Å². The number of hydrogen-bond acceptors (Lipinski definition) is 9. The molecule has 156 valence electrons. The highest BCUT2D eigenvalue weighted by Crippen LogP contribution is 2.29. The van der Waals surface area contributed by atoms with Gasteiger partial charge in [0.2, 0.25) is 0 Å². The topological polar surface area (TPSA) is 138 Å². The predicted octanol–water partition coefficient (Wildman–Crippen LogP) is 2.64. The Hall–Kier alpha value is -3.80. The van der Waals surface area contributed by atoms with Gasteiger partial charge in [-0.1, -0.05) is 0 Å². The summed E-state index contributed by atoms with van der Waals surface area (Å²) < 4.78 is 11.9. The molecule has 0 radical (unpaired) electrons. The molecule has 0 aliphatic carbocycles. The Labute approximate surface area is 174 Å². The van der Waals surface area contributed by atoms with Crippen molar-refractivity contribution < 1.29 is 24.0 Å².